The fourth-order valence-electron chi connectivity index (χ4n) is 3.69. The molecule has 1 N–H and O–H groups in total. The zero-order chi connectivity index (χ0) is 13.9. The maximum atomic E-state index is 11.1. The number of hydrogen-bond donors (Lipinski definition) is 1. The average molecular weight is 269 g/mol. The molecule has 0 bridgehead atoms. The predicted molar refractivity (Wildman–Crippen MR) is 74.3 cm³/mol. The van der Waals surface area contributed by atoms with Gasteiger partial charge in [0.25, 0.3) is 0 Å². The second kappa shape index (κ2) is 6.23. The van der Waals surface area contributed by atoms with Gasteiger partial charge >= 0.3 is 5.97 Å². The zero-order valence-corrected chi connectivity index (χ0v) is 12.2. The summed E-state index contributed by atoms with van der Waals surface area (Å²) in [7, 11) is 0. The Morgan fingerprint density at radius 1 is 1.47 bits per heavy atom. The Bertz CT molecular complexity index is 313. The van der Waals surface area contributed by atoms with Crippen LogP contribution in [0.5, 0.6) is 0 Å². The summed E-state index contributed by atoms with van der Waals surface area (Å²) >= 11 is 0. The van der Waals surface area contributed by atoms with E-state index < -0.39 is 5.97 Å². The molecule has 1 heterocycles. The minimum atomic E-state index is -0.715. The van der Waals surface area contributed by atoms with Crippen molar-refractivity contribution in [1.82, 2.24) is 4.90 Å². The second-order valence-corrected chi connectivity index (χ2v) is 6.21. The van der Waals surface area contributed by atoms with Crippen LogP contribution in [0.3, 0.4) is 0 Å². The molecule has 1 saturated heterocycles. The van der Waals surface area contributed by atoms with E-state index in [9.17, 15) is 4.79 Å². The lowest BCUT2D eigenvalue weighted by atomic mass is 9.87. The highest BCUT2D eigenvalue weighted by Gasteiger charge is 2.42. The Kier molecular flexibility index (Phi) is 4.85. The van der Waals surface area contributed by atoms with Crippen molar-refractivity contribution in [3.05, 3.63) is 0 Å². The smallest absolute Gasteiger partial charge is 0.317 e. The van der Waals surface area contributed by atoms with Gasteiger partial charge in [0.05, 0.1) is 12.1 Å². The van der Waals surface area contributed by atoms with Gasteiger partial charge in [0.1, 0.15) is 0 Å². The Morgan fingerprint density at radius 2 is 2.16 bits per heavy atom. The number of nitrogens with zero attached hydrogens (tertiary/aromatic N) is 1. The first-order chi connectivity index (χ1) is 9.06. The molecule has 0 radical (unpaired) electrons. The van der Waals surface area contributed by atoms with Gasteiger partial charge in [-0.2, -0.15) is 0 Å². The number of aliphatic carboxylic acids is 1. The Morgan fingerprint density at radius 3 is 2.74 bits per heavy atom. The fraction of sp³-hybridized carbons (Fsp3) is 0.933. The number of rotatable bonds is 5. The summed E-state index contributed by atoms with van der Waals surface area (Å²) in [5.74, 6) is -0.715. The third kappa shape index (κ3) is 3.48. The number of carboxylic acid groups (broad SMARTS) is 1. The predicted octanol–water partition coefficient (Wildman–Crippen LogP) is 2.66. The highest BCUT2D eigenvalue weighted by atomic mass is 16.5. The summed E-state index contributed by atoms with van der Waals surface area (Å²) in [4.78, 5) is 13.3. The van der Waals surface area contributed by atoms with E-state index in [0.29, 0.717) is 12.1 Å². The molecule has 1 saturated carbocycles. The second-order valence-electron chi connectivity index (χ2n) is 6.21. The van der Waals surface area contributed by atoms with Gasteiger partial charge in [-0.3, -0.25) is 9.69 Å². The van der Waals surface area contributed by atoms with Crippen LogP contribution in [-0.2, 0) is 9.53 Å². The summed E-state index contributed by atoms with van der Waals surface area (Å²) in [6, 6.07) is 0.704. The zero-order valence-electron chi connectivity index (χ0n) is 12.2. The number of ether oxygens (including phenoxy) is 1. The molecule has 110 valence electrons. The molecule has 2 atom stereocenters. The standard InChI is InChI=1S/C15H27NO3/c1-3-12(2)16(11-14(17)18)13-6-9-19-15(10-13)7-4-5-8-15/h12-13H,3-11H2,1-2H3,(H,17,18). The summed E-state index contributed by atoms with van der Waals surface area (Å²) < 4.78 is 6.05. The number of carbonyl (C=O) groups is 1. The third-order valence-electron chi connectivity index (χ3n) is 4.93. The number of hydrogen-bond acceptors (Lipinski definition) is 3. The maximum absolute atomic E-state index is 11.1. The molecule has 0 amide bonds. The van der Waals surface area contributed by atoms with Crippen LogP contribution in [0.25, 0.3) is 0 Å². The van der Waals surface area contributed by atoms with E-state index in [-0.39, 0.29) is 12.1 Å². The highest BCUT2D eigenvalue weighted by Crippen LogP contribution is 2.41. The van der Waals surface area contributed by atoms with Crippen LogP contribution in [0, 0.1) is 0 Å². The summed E-state index contributed by atoms with van der Waals surface area (Å²) in [6.07, 6.45) is 7.82. The first-order valence-electron chi connectivity index (χ1n) is 7.68. The van der Waals surface area contributed by atoms with Crippen molar-refractivity contribution in [2.24, 2.45) is 0 Å². The van der Waals surface area contributed by atoms with Crippen LogP contribution >= 0.6 is 0 Å². The molecule has 0 aromatic carbocycles. The molecule has 19 heavy (non-hydrogen) atoms. The van der Waals surface area contributed by atoms with Gasteiger partial charge in [-0.15, -0.1) is 0 Å². The monoisotopic (exact) mass is 269 g/mol. The molecular formula is C15H27NO3. The maximum Gasteiger partial charge on any atom is 0.317 e. The average Bonchev–Trinajstić information content (AvgIpc) is 2.83. The largest absolute Gasteiger partial charge is 0.480 e. The SMILES string of the molecule is CCC(C)N(CC(=O)O)C1CCOC2(CCCC2)C1. The Balaban J connectivity index is 2.05. The summed E-state index contributed by atoms with van der Waals surface area (Å²) in [6.45, 7) is 5.22. The Labute approximate surface area is 116 Å². The van der Waals surface area contributed by atoms with E-state index >= 15 is 0 Å². The molecule has 2 rings (SSSR count). The molecule has 4 heteroatoms. The first-order valence-corrected chi connectivity index (χ1v) is 7.68. The fourth-order valence-corrected chi connectivity index (χ4v) is 3.69. The van der Waals surface area contributed by atoms with Crippen molar-refractivity contribution in [1.29, 1.82) is 0 Å². The van der Waals surface area contributed by atoms with Gasteiger partial charge in [-0.1, -0.05) is 19.8 Å². The van der Waals surface area contributed by atoms with Gasteiger partial charge in [0.2, 0.25) is 0 Å². The molecule has 1 spiro atoms. The van der Waals surface area contributed by atoms with Crippen molar-refractivity contribution >= 4 is 5.97 Å². The van der Waals surface area contributed by atoms with Crippen LogP contribution in [0.4, 0.5) is 0 Å². The number of carboxylic acids is 1. The lowest BCUT2D eigenvalue weighted by molar-refractivity contribution is -0.143. The van der Waals surface area contributed by atoms with E-state index in [1.54, 1.807) is 0 Å². The summed E-state index contributed by atoms with van der Waals surface area (Å²) in [5.41, 5.74) is 0.0626. The van der Waals surface area contributed by atoms with Crippen molar-refractivity contribution in [3.8, 4) is 0 Å². The van der Waals surface area contributed by atoms with Crippen molar-refractivity contribution in [3.63, 3.8) is 0 Å². The molecule has 0 aromatic heterocycles. The van der Waals surface area contributed by atoms with Crippen molar-refractivity contribution in [2.75, 3.05) is 13.2 Å². The van der Waals surface area contributed by atoms with E-state index in [4.69, 9.17) is 9.84 Å². The first kappa shape index (κ1) is 14.8. The molecule has 4 nitrogen and oxygen atoms in total. The third-order valence-corrected chi connectivity index (χ3v) is 4.93. The van der Waals surface area contributed by atoms with Crippen LogP contribution in [0.1, 0.15) is 58.8 Å². The Hall–Kier alpha value is -0.610. The highest BCUT2D eigenvalue weighted by molar-refractivity contribution is 5.69. The lowest BCUT2D eigenvalue weighted by Gasteiger charge is -2.44. The van der Waals surface area contributed by atoms with Crippen LogP contribution in [0.15, 0.2) is 0 Å². The van der Waals surface area contributed by atoms with Crippen LogP contribution in [-0.4, -0.2) is 46.8 Å². The van der Waals surface area contributed by atoms with Gasteiger partial charge in [0.15, 0.2) is 0 Å². The van der Waals surface area contributed by atoms with E-state index in [0.717, 1.165) is 38.7 Å². The minimum absolute atomic E-state index is 0.0626. The molecule has 2 fully saturated rings. The van der Waals surface area contributed by atoms with Crippen molar-refractivity contribution in [2.45, 2.75) is 76.5 Å². The van der Waals surface area contributed by atoms with E-state index in [2.05, 4.69) is 18.7 Å². The molecule has 2 aliphatic rings. The van der Waals surface area contributed by atoms with Gasteiger partial charge < -0.3 is 9.84 Å². The topological polar surface area (TPSA) is 49.8 Å². The molecule has 0 aromatic rings. The van der Waals surface area contributed by atoms with Crippen LogP contribution in [0.2, 0.25) is 0 Å². The minimum Gasteiger partial charge on any atom is -0.480 e. The quantitative estimate of drug-likeness (QED) is 0.833. The van der Waals surface area contributed by atoms with Gasteiger partial charge in [-0.25, -0.2) is 0 Å². The summed E-state index contributed by atoms with van der Waals surface area (Å²) in [5, 5.41) is 9.14. The van der Waals surface area contributed by atoms with Crippen molar-refractivity contribution < 1.29 is 14.6 Å². The van der Waals surface area contributed by atoms with Gasteiger partial charge in [-0.05, 0) is 39.0 Å². The molecular weight excluding hydrogens is 242 g/mol. The lowest BCUT2D eigenvalue weighted by Crippen LogP contribution is -2.51. The van der Waals surface area contributed by atoms with Crippen LogP contribution < -0.4 is 0 Å². The molecule has 2 unspecified atom stereocenters. The molecule has 1 aliphatic carbocycles. The van der Waals surface area contributed by atoms with E-state index in [1.807, 2.05) is 0 Å². The molecule has 1 aliphatic heterocycles. The normalized spacial score (nSPS) is 27.8. The van der Waals surface area contributed by atoms with E-state index in [1.165, 1.54) is 12.8 Å². The van der Waals surface area contributed by atoms with Gasteiger partial charge in [0, 0.05) is 18.7 Å².